The Kier molecular flexibility index (Phi) is 3.88. The molecule has 0 aliphatic heterocycles. The second-order valence-corrected chi connectivity index (χ2v) is 5.59. The van der Waals surface area contributed by atoms with E-state index in [0.29, 0.717) is 5.56 Å². The van der Waals surface area contributed by atoms with Gasteiger partial charge in [-0.2, -0.15) is 5.26 Å². The van der Waals surface area contributed by atoms with E-state index in [9.17, 15) is 0 Å². The zero-order valence-electron chi connectivity index (χ0n) is 9.27. The average molecular weight is 304 g/mol. The van der Waals surface area contributed by atoms with Gasteiger partial charge in [0.1, 0.15) is 6.07 Å². The lowest BCUT2D eigenvalue weighted by atomic mass is 10.2. The Morgan fingerprint density at radius 3 is 2.59 bits per heavy atom. The Bertz CT molecular complexity index is 587. The van der Waals surface area contributed by atoms with Crippen LogP contribution >= 0.6 is 27.7 Å². The van der Waals surface area contributed by atoms with Crippen molar-refractivity contribution in [1.82, 2.24) is 0 Å². The van der Waals surface area contributed by atoms with Crippen molar-refractivity contribution in [3.63, 3.8) is 0 Å². The molecule has 0 saturated carbocycles. The van der Waals surface area contributed by atoms with Crippen LogP contribution in [0, 0.1) is 18.3 Å². The van der Waals surface area contributed by atoms with Crippen molar-refractivity contribution in [3.05, 3.63) is 58.1 Å². The van der Waals surface area contributed by atoms with Crippen LogP contribution in [0.1, 0.15) is 11.1 Å². The summed E-state index contributed by atoms with van der Waals surface area (Å²) in [6.45, 7) is 2.10. The quantitative estimate of drug-likeness (QED) is 0.797. The number of hydrogen-bond acceptors (Lipinski definition) is 2. The summed E-state index contributed by atoms with van der Waals surface area (Å²) in [5.41, 5.74) is 1.93. The van der Waals surface area contributed by atoms with E-state index in [4.69, 9.17) is 5.26 Å². The minimum atomic E-state index is 0.666. The van der Waals surface area contributed by atoms with Gasteiger partial charge < -0.3 is 0 Å². The largest absolute Gasteiger partial charge is 0.192 e. The molecule has 84 valence electrons. The molecule has 0 radical (unpaired) electrons. The fourth-order valence-electron chi connectivity index (χ4n) is 1.45. The van der Waals surface area contributed by atoms with Crippen LogP contribution in [0.3, 0.4) is 0 Å². The molecule has 0 aromatic heterocycles. The molecule has 0 bridgehead atoms. The fraction of sp³-hybridized carbons (Fsp3) is 0.0714. The van der Waals surface area contributed by atoms with Gasteiger partial charge in [0.05, 0.1) is 5.56 Å². The fourth-order valence-corrected chi connectivity index (χ4v) is 3.01. The summed E-state index contributed by atoms with van der Waals surface area (Å²) in [4.78, 5) is 2.37. The Morgan fingerprint density at radius 1 is 1.18 bits per heavy atom. The van der Waals surface area contributed by atoms with Gasteiger partial charge in [-0.25, -0.2) is 0 Å². The van der Waals surface area contributed by atoms with Crippen molar-refractivity contribution in [2.24, 2.45) is 0 Å². The summed E-state index contributed by atoms with van der Waals surface area (Å²) >= 11 is 5.11. The van der Waals surface area contributed by atoms with Crippen molar-refractivity contribution in [2.45, 2.75) is 16.7 Å². The molecule has 0 spiro atoms. The standard InChI is InChI=1S/C14H10BrNS/c1-10-4-2-3-5-14(10)17-12-7-6-11(9-16)13(15)8-12/h2-8H,1H3. The summed E-state index contributed by atoms with van der Waals surface area (Å²) in [5.74, 6) is 0. The van der Waals surface area contributed by atoms with Crippen LogP contribution in [0.2, 0.25) is 0 Å². The second kappa shape index (κ2) is 5.39. The number of aryl methyl sites for hydroxylation is 1. The van der Waals surface area contributed by atoms with E-state index >= 15 is 0 Å². The molecule has 0 N–H and O–H groups in total. The summed E-state index contributed by atoms with van der Waals surface area (Å²) in [7, 11) is 0. The molecule has 2 aromatic carbocycles. The van der Waals surface area contributed by atoms with E-state index in [0.717, 1.165) is 9.37 Å². The Hall–Kier alpha value is -1.24. The first-order valence-corrected chi connectivity index (χ1v) is 6.75. The first kappa shape index (κ1) is 12.2. The highest BCUT2D eigenvalue weighted by Gasteiger charge is 2.03. The van der Waals surface area contributed by atoms with Gasteiger partial charge in [0.25, 0.3) is 0 Å². The number of hydrogen-bond donors (Lipinski definition) is 0. The molecule has 1 nitrogen and oxygen atoms in total. The Labute approximate surface area is 114 Å². The number of halogens is 1. The molecular weight excluding hydrogens is 294 g/mol. The SMILES string of the molecule is Cc1ccccc1Sc1ccc(C#N)c(Br)c1. The minimum absolute atomic E-state index is 0.666. The maximum Gasteiger partial charge on any atom is 0.100 e. The minimum Gasteiger partial charge on any atom is -0.192 e. The number of benzene rings is 2. The van der Waals surface area contributed by atoms with Crippen LogP contribution in [0.15, 0.2) is 56.7 Å². The van der Waals surface area contributed by atoms with Crippen LogP contribution in [0.5, 0.6) is 0 Å². The zero-order chi connectivity index (χ0) is 12.3. The first-order valence-electron chi connectivity index (χ1n) is 5.14. The van der Waals surface area contributed by atoms with Crippen molar-refractivity contribution >= 4 is 27.7 Å². The van der Waals surface area contributed by atoms with Gasteiger partial charge in [-0.1, -0.05) is 30.0 Å². The second-order valence-electron chi connectivity index (χ2n) is 3.62. The predicted molar refractivity (Wildman–Crippen MR) is 74.2 cm³/mol. The lowest BCUT2D eigenvalue weighted by molar-refractivity contribution is 1.29. The predicted octanol–water partition coefficient (Wildman–Crippen LogP) is 4.78. The first-order chi connectivity index (χ1) is 8.20. The number of rotatable bonds is 2. The van der Waals surface area contributed by atoms with Gasteiger partial charge in [0, 0.05) is 14.3 Å². The number of nitriles is 1. The van der Waals surface area contributed by atoms with Crippen molar-refractivity contribution in [3.8, 4) is 6.07 Å². The molecule has 0 saturated heterocycles. The molecule has 17 heavy (non-hydrogen) atoms. The molecule has 0 heterocycles. The lowest BCUT2D eigenvalue weighted by Gasteiger charge is -2.05. The smallest absolute Gasteiger partial charge is 0.100 e. The van der Waals surface area contributed by atoms with Crippen molar-refractivity contribution < 1.29 is 0 Å². The molecule has 2 rings (SSSR count). The molecule has 0 unspecified atom stereocenters. The molecular formula is C14H10BrNS. The summed E-state index contributed by atoms with van der Waals surface area (Å²) in [6.07, 6.45) is 0. The van der Waals surface area contributed by atoms with E-state index < -0.39 is 0 Å². The van der Waals surface area contributed by atoms with Gasteiger partial charge in [0.15, 0.2) is 0 Å². The lowest BCUT2D eigenvalue weighted by Crippen LogP contribution is -1.81. The van der Waals surface area contributed by atoms with Gasteiger partial charge in [-0.3, -0.25) is 0 Å². The number of nitrogens with zero attached hydrogens (tertiary/aromatic N) is 1. The molecule has 0 fully saturated rings. The maximum atomic E-state index is 8.86. The molecule has 0 aliphatic rings. The third-order valence-electron chi connectivity index (χ3n) is 2.38. The summed E-state index contributed by atoms with van der Waals surface area (Å²) < 4.78 is 0.846. The third-order valence-corrected chi connectivity index (χ3v) is 4.21. The highest BCUT2D eigenvalue weighted by molar-refractivity contribution is 9.10. The van der Waals surface area contributed by atoms with Crippen LogP contribution < -0.4 is 0 Å². The van der Waals surface area contributed by atoms with Crippen molar-refractivity contribution in [1.29, 1.82) is 5.26 Å². The highest BCUT2D eigenvalue weighted by atomic mass is 79.9. The zero-order valence-corrected chi connectivity index (χ0v) is 11.7. The van der Waals surface area contributed by atoms with Crippen molar-refractivity contribution in [2.75, 3.05) is 0 Å². The normalized spacial score (nSPS) is 9.94. The highest BCUT2D eigenvalue weighted by Crippen LogP contribution is 2.32. The van der Waals surface area contributed by atoms with Crippen LogP contribution in [-0.2, 0) is 0 Å². The van der Waals surface area contributed by atoms with E-state index in [2.05, 4.69) is 41.1 Å². The summed E-state index contributed by atoms with van der Waals surface area (Å²) in [6, 6.07) is 16.2. The van der Waals surface area contributed by atoms with Gasteiger partial charge >= 0.3 is 0 Å². The summed E-state index contributed by atoms with van der Waals surface area (Å²) in [5, 5.41) is 8.86. The topological polar surface area (TPSA) is 23.8 Å². The van der Waals surface area contributed by atoms with Crippen LogP contribution in [0.4, 0.5) is 0 Å². The van der Waals surface area contributed by atoms with Crippen LogP contribution in [0.25, 0.3) is 0 Å². The van der Waals surface area contributed by atoms with E-state index in [1.165, 1.54) is 10.5 Å². The monoisotopic (exact) mass is 303 g/mol. The average Bonchev–Trinajstić information content (AvgIpc) is 2.32. The van der Waals surface area contributed by atoms with Gasteiger partial charge in [0.2, 0.25) is 0 Å². The Morgan fingerprint density at radius 2 is 1.94 bits per heavy atom. The van der Waals surface area contributed by atoms with Gasteiger partial charge in [-0.05, 0) is 52.7 Å². The molecule has 2 aromatic rings. The van der Waals surface area contributed by atoms with Crippen LogP contribution in [-0.4, -0.2) is 0 Å². The van der Waals surface area contributed by atoms with E-state index in [-0.39, 0.29) is 0 Å². The maximum absolute atomic E-state index is 8.86. The third kappa shape index (κ3) is 2.91. The van der Waals surface area contributed by atoms with E-state index in [1.54, 1.807) is 11.8 Å². The molecule has 0 aliphatic carbocycles. The molecule has 3 heteroatoms. The van der Waals surface area contributed by atoms with Gasteiger partial charge in [-0.15, -0.1) is 0 Å². The molecule has 0 amide bonds. The van der Waals surface area contributed by atoms with E-state index in [1.807, 2.05) is 30.3 Å². The Balaban J connectivity index is 2.29. The molecule has 0 atom stereocenters.